The van der Waals surface area contributed by atoms with Crippen LogP contribution in [0.25, 0.3) is 5.69 Å². The van der Waals surface area contributed by atoms with Crippen molar-refractivity contribution in [2.75, 3.05) is 24.7 Å². The van der Waals surface area contributed by atoms with Crippen molar-refractivity contribution >= 4 is 21.6 Å². The second kappa shape index (κ2) is 7.40. The molecular weight excluding hydrogens is 371 g/mol. The molecule has 3 rings (SSSR count). The SMILES string of the molecule is Cc1cc(C)n(-c2ccc(NC(=O)C3CCN(S(C)(=O)=O)CC3)cc2F)n1. The number of amides is 1. The zero-order valence-electron chi connectivity index (χ0n) is 15.6. The zero-order valence-corrected chi connectivity index (χ0v) is 16.4. The first-order valence-corrected chi connectivity index (χ1v) is 10.6. The number of carbonyl (C=O) groups excluding carboxylic acids is 1. The van der Waals surface area contributed by atoms with E-state index in [4.69, 9.17) is 0 Å². The Balaban J connectivity index is 1.67. The second-order valence-corrected chi connectivity index (χ2v) is 8.91. The number of nitrogens with zero attached hydrogens (tertiary/aromatic N) is 3. The van der Waals surface area contributed by atoms with Gasteiger partial charge in [0.2, 0.25) is 15.9 Å². The smallest absolute Gasteiger partial charge is 0.227 e. The molecule has 0 bridgehead atoms. The van der Waals surface area contributed by atoms with E-state index in [2.05, 4.69) is 10.4 Å². The summed E-state index contributed by atoms with van der Waals surface area (Å²) >= 11 is 0. The number of benzene rings is 1. The minimum atomic E-state index is -3.23. The predicted molar refractivity (Wildman–Crippen MR) is 101 cm³/mol. The summed E-state index contributed by atoms with van der Waals surface area (Å²) in [6, 6.07) is 6.35. The summed E-state index contributed by atoms with van der Waals surface area (Å²) in [4.78, 5) is 12.4. The Labute approximate surface area is 158 Å². The molecule has 0 spiro atoms. The van der Waals surface area contributed by atoms with Crippen molar-refractivity contribution in [3.8, 4) is 5.69 Å². The van der Waals surface area contributed by atoms with Crippen molar-refractivity contribution in [3.63, 3.8) is 0 Å². The van der Waals surface area contributed by atoms with Crippen molar-refractivity contribution in [1.82, 2.24) is 14.1 Å². The fraction of sp³-hybridized carbons (Fsp3) is 0.444. The summed E-state index contributed by atoms with van der Waals surface area (Å²) in [6.45, 7) is 4.33. The van der Waals surface area contributed by atoms with Gasteiger partial charge in [-0.3, -0.25) is 4.79 Å². The number of aromatic nitrogens is 2. The summed E-state index contributed by atoms with van der Waals surface area (Å²) in [5.74, 6) is -0.992. The van der Waals surface area contributed by atoms with E-state index in [-0.39, 0.29) is 11.8 Å². The average Bonchev–Trinajstić information content (AvgIpc) is 2.92. The maximum absolute atomic E-state index is 14.5. The van der Waals surface area contributed by atoms with E-state index in [1.54, 1.807) is 12.1 Å². The molecule has 0 atom stereocenters. The van der Waals surface area contributed by atoms with E-state index < -0.39 is 15.8 Å². The summed E-state index contributed by atoms with van der Waals surface area (Å²) in [6.07, 6.45) is 2.07. The van der Waals surface area contributed by atoms with Crippen LogP contribution >= 0.6 is 0 Å². The van der Waals surface area contributed by atoms with E-state index in [0.717, 1.165) is 11.4 Å². The number of anilines is 1. The Morgan fingerprint density at radius 1 is 1.22 bits per heavy atom. The van der Waals surface area contributed by atoms with Crippen molar-refractivity contribution in [2.24, 2.45) is 5.92 Å². The molecule has 1 amide bonds. The maximum atomic E-state index is 14.5. The lowest BCUT2D eigenvalue weighted by Crippen LogP contribution is -2.40. The van der Waals surface area contributed by atoms with E-state index in [1.807, 2.05) is 19.9 Å². The van der Waals surface area contributed by atoms with Gasteiger partial charge in [0.25, 0.3) is 0 Å². The summed E-state index contributed by atoms with van der Waals surface area (Å²) < 4.78 is 40.5. The zero-order chi connectivity index (χ0) is 19.8. The lowest BCUT2D eigenvalue weighted by molar-refractivity contribution is -0.120. The Morgan fingerprint density at radius 2 is 1.89 bits per heavy atom. The molecule has 0 aliphatic carbocycles. The summed E-state index contributed by atoms with van der Waals surface area (Å²) in [5, 5.41) is 7.00. The van der Waals surface area contributed by atoms with Crippen LogP contribution in [0.2, 0.25) is 0 Å². The Bertz CT molecular complexity index is 963. The molecule has 0 saturated carbocycles. The van der Waals surface area contributed by atoms with Gasteiger partial charge in [0.05, 0.1) is 11.9 Å². The molecule has 2 heterocycles. The molecule has 7 nitrogen and oxygen atoms in total. The third-order valence-corrected chi connectivity index (χ3v) is 6.05. The molecule has 2 aromatic rings. The first-order valence-electron chi connectivity index (χ1n) is 8.74. The van der Waals surface area contributed by atoms with Gasteiger partial charge in [-0.1, -0.05) is 0 Å². The van der Waals surface area contributed by atoms with Gasteiger partial charge in [0.15, 0.2) is 5.82 Å². The third kappa shape index (κ3) is 4.36. The molecule has 1 N–H and O–H groups in total. The average molecular weight is 394 g/mol. The number of carbonyl (C=O) groups is 1. The largest absolute Gasteiger partial charge is 0.326 e. The minimum Gasteiger partial charge on any atom is -0.326 e. The van der Waals surface area contributed by atoms with Crippen LogP contribution in [0.15, 0.2) is 24.3 Å². The van der Waals surface area contributed by atoms with Gasteiger partial charge in [0.1, 0.15) is 5.69 Å². The quantitative estimate of drug-likeness (QED) is 0.862. The number of sulfonamides is 1. The topological polar surface area (TPSA) is 84.3 Å². The van der Waals surface area contributed by atoms with Crippen LogP contribution < -0.4 is 5.32 Å². The van der Waals surface area contributed by atoms with Crippen LogP contribution in [-0.4, -0.2) is 47.8 Å². The number of hydrogen-bond acceptors (Lipinski definition) is 4. The molecule has 1 aliphatic rings. The van der Waals surface area contributed by atoms with Gasteiger partial charge in [-0.15, -0.1) is 0 Å². The molecule has 0 unspecified atom stereocenters. The van der Waals surface area contributed by atoms with Gasteiger partial charge in [0, 0.05) is 30.4 Å². The summed E-state index contributed by atoms with van der Waals surface area (Å²) in [5.41, 5.74) is 2.30. The van der Waals surface area contributed by atoms with Crippen molar-refractivity contribution in [1.29, 1.82) is 0 Å². The van der Waals surface area contributed by atoms with Crippen LogP contribution in [0.5, 0.6) is 0 Å². The maximum Gasteiger partial charge on any atom is 0.227 e. The van der Waals surface area contributed by atoms with Gasteiger partial charge in [-0.05, 0) is 51.0 Å². The Morgan fingerprint density at radius 3 is 2.41 bits per heavy atom. The molecule has 1 aliphatic heterocycles. The van der Waals surface area contributed by atoms with Crippen LogP contribution in [0, 0.1) is 25.6 Å². The van der Waals surface area contributed by atoms with Crippen LogP contribution in [0.3, 0.4) is 0 Å². The van der Waals surface area contributed by atoms with Crippen molar-refractivity contribution < 1.29 is 17.6 Å². The monoisotopic (exact) mass is 394 g/mol. The van der Waals surface area contributed by atoms with Gasteiger partial charge in [-0.2, -0.15) is 5.10 Å². The Hall–Kier alpha value is -2.26. The molecule has 146 valence electrons. The molecule has 9 heteroatoms. The number of piperidine rings is 1. The van der Waals surface area contributed by atoms with Crippen molar-refractivity contribution in [3.05, 3.63) is 41.5 Å². The number of rotatable bonds is 4. The highest BCUT2D eigenvalue weighted by Gasteiger charge is 2.29. The standard InChI is InChI=1S/C18H23FN4O3S/c1-12-10-13(2)23(21-12)17-5-4-15(11-16(17)19)20-18(24)14-6-8-22(9-7-14)27(3,25)26/h4-5,10-11,14H,6-9H2,1-3H3,(H,20,24). The van der Waals surface area contributed by atoms with Gasteiger partial charge < -0.3 is 5.32 Å². The molecule has 1 saturated heterocycles. The molecule has 27 heavy (non-hydrogen) atoms. The van der Waals surface area contributed by atoms with E-state index >= 15 is 0 Å². The van der Waals surface area contributed by atoms with Gasteiger partial charge in [-0.25, -0.2) is 21.8 Å². The highest BCUT2D eigenvalue weighted by molar-refractivity contribution is 7.88. The Kier molecular flexibility index (Phi) is 5.34. The predicted octanol–water partition coefficient (Wildman–Crippen LogP) is 2.24. The number of aryl methyl sites for hydroxylation is 2. The first-order chi connectivity index (χ1) is 12.6. The highest BCUT2D eigenvalue weighted by atomic mass is 32.2. The van der Waals surface area contributed by atoms with Crippen LogP contribution in [-0.2, 0) is 14.8 Å². The minimum absolute atomic E-state index is 0.221. The second-order valence-electron chi connectivity index (χ2n) is 6.93. The fourth-order valence-electron chi connectivity index (χ4n) is 3.32. The molecular formula is C18H23FN4O3S. The van der Waals surface area contributed by atoms with E-state index in [1.165, 1.54) is 21.3 Å². The number of hydrogen-bond donors (Lipinski definition) is 1. The molecule has 1 fully saturated rings. The molecule has 1 aromatic carbocycles. The van der Waals surface area contributed by atoms with Crippen molar-refractivity contribution in [2.45, 2.75) is 26.7 Å². The molecule has 0 radical (unpaired) electrons. The van der Waals surface area contributed by atoms with E-state index in [0.29, 0.717) is 37.3 Å². The number of halogens is 1. The molecule has 1 aromatic heterocycles. The van der Waals surface area contributed by atoms with Crippen LogP contribution in [0.1, 0.15) is 24.2 Å². The highest BCUT2D eigenvalue weighted by Crippen LogP contribution is 2.23. The third-order valence-electron chi connectivity index (χ3n) is 4.75. The van der Waals surface area contributed by atoms with E-state index in [9.17, 15) is 17.6 Å². The van der Waals surface area contributed by atoms with Gasteiger partial charge >= 0.3 is 0 Å². The number of nitrogens with one attached hydrogen (secondary N) is 1. The van der Waals surface area contributed by atoms with Crippen LogP contribution in [0.4, 0.5) is 10.1 Å². The lowest BCUT2D eigenvalue weighted by atomic mass is 9.97. The fourth-order valence-corrected chi connectivity index (χ4v) is 4.20. The first kappa shape index (κ1) is 19.5. The lowest BCUT2D eigenvalue weighted by Gasteiger charge is -2.29. The normalized spacial score (nSPS) is 16.4. The summed E-state index contributed by atoms with van der Waals surface area (Å²) in [7, 11) is -3.23.